The first-order valence-corrected chi connectivity index (χ1v) is 10.4. The van der Waals surface area contributed by atoms with Gasteiger partial charge in [0.1, 0.15) is 0 Å². The van der Waals surface area contributed by atoms with E-state index >= 15 is 0 Å². The Kier molecular flexibility index (Phi) is 7.48. The van der Waals surface area contributed by atoms with Crippen molar-refractivity contribution < 1.29 is 24.5 Å². The van der Waals surface area contributed by atoms with E-state index in [1.165, 1.54) is 24.8 Å². The highest BCUT2D eigenvalue weighted by Gasteiger charge is 2.69. The second kappa shape index (κ2) is 9.31. The third kappa shape index (κ3) is 4.60. The predicted molar refractivity (Wildman–Crippen MR) is 116 cm³/mol. The first-order valence-electron chi connectivity index (χ1n) is 10.4. The van der Waals surface area contributed by atoms with Crippen molar-refractivity contribution in [1.82, 2.24) is 4.90 Å². The van der Waals surface area contributed by atoms with Crippen LogP contribution in [0.2, 0.25) is 0 Å². The lowest BCUT2D eigenvalue weighted by Gasteiger charge is -2.49. The number of likely N-dealkylation sites (N-methyl/N-ethyl adjacent to an activating group) is 1. The highest BCUT2D eigenvalue weighted by atomic mass is 16.5. The first-order chi connectivity index (χ1) is 14.0. The molecule has 3 atom stereocenters. The van der Waals surface area contributed by atoms with Gasteiger partial charge >= 0.3 is 11.9 Å². The molecule has 0 aliphatic heterocycles. The van der Waals surface area contributed by atoms with Crippen molar-refractivity contribution >= 4 is 11.9 Å². The van der Waals surface area contributed by atoms with E-state index in [2.05, 4.69) is 70.1 Å². The second-order valence-electron chi connectivity index (χ2n) is 9.35. The third-order valence-corrected chi connectivity index (χ3v) is 7.36. The van der Waals surface area contributed by atoms with Gasteiger partial charge in [0.2, 0.25) is 0 Å². The zero-order valence-electron chi connectivity index (χ0n) is 18.7. The Morgan fingerprint density at radius 3 is 2.07 bits per heavy atom. The van der Waals surface area contributed by atoms with Crippen LogP contribution in [0.3, 0.4) is 0 Å². The van der Waals surface area contributed by atoms with Crippen LogP contribution in [-0.4, -0.2) is 54.3 Å². The second-order valence-corrected chi connectivity index (χ2v) is 9.35. The fourth-order valence-electron chi connectivity index (χ4n) is 5.24. The number of carboxylic acid groups (broad SMARTS) is 2. The molecule has 0 unspecified atom stereocenters. The van der Waals surface area contributed by atoms with Crippen molar-refractivity contribution in [2.45, 2.75) is 45.6 Å². The maximum atomic E-state index is 9.55. The molecule has 0 aromatic heterocycles. The normalized spacial score (nSPS) is 29.1. The van der Waals surface area contributed by atoms with Crippen molar-refractivity contribution in [3.05, 3.63) is 48.0 Å². The van der Waals surface area contributed by atoms with Crippen molar-refractivity contribution in [3.8, 4) is 0 Å². The Morgan fingerprint density at radius 1 is 1.10 bits per heavy atom. The molecule has 2 aliphatic rings. The molecule has 2 saturated carbocycles. The van der Waals surface area contributed by atoms with E-state index in [1.54, 1.807) is 0 Å². The van der Waals surface area contributed by atoms with E-state index in [9.17, 15) is 9.59 Å². The minimum absolute atomic E-state index is 0.114. The van der Waals surface area contributed by atoms with E-state index in [0.29, 0.717) is 17.6 Å². The predicted octanol–water partition coefficient (Wildman–Crippen LogP) is 4.02. The maximum absolute atomic E-state index is 9.55. The molecule has 6 heteroatoms. The number of fused-ring (bicyclic) bond motifs is 2. The molecule has 2 bridgehead atoms. The van der Waals surface area contributed by atoms with E-state index in [0.717, 1.165) is 19.1 Å². The topological polar surface area (TPSA) is 87.1 Å². The van der Waals surface area contributed by atoms with Crippen LogP contribution < -0.4 is 0 Å². The van der Waals surface area contributed by atoms with Crippen LogP contribution in [0, 0.1) is 16.7 Å². The number of hydrogen-bond donors (Lipinski definition) is 2. The molecule has 166 valence electrons. The molecular formula is C24H35NO5. The molecule has 0 radical (unpaired) electrons. The molecule has 0 spiro atoms. The van der Waals surface area contributed by atoms with Gasteiger partial charge in [-0.25, -0.2) is 9.59 Å². The summed E-state index contributed by atoms with van der Waals surface area (Å²) in [5.41, 5.74) is 1.84. The lowest BCUT2D eigenvalue weighted by molar-refractivity contribution is -0.148. The van der Waals surface area contributed by atoms with Gasteiger partial charge in [0, 0.05) is 24.1 Å². The summed E-state index contributed by atoms with van der Waals surface area (Å²) < 4.78 is 6.72. The first kappa shape index (κ1) is 24.1. The van der Waals surface area contributed by atoms with Gasteiger partial charge in [0.25, 0.3) is 0 Å². The summed E-state index contributed by atoms with van der Waals surface area (Å²) >= 11 is 0. The lowest BCUT2D eigenvalue weighted by atomic mass is 9.62. The molecule has 1 aromatic rings. The van der Waals surface area contributed by atoms with Gasteiger partial charge in [-0.1, -0.05) is 51.1 Å². The van der Waals surface area contributed by atoms with Gasteiger partial charge in [0.15, 0.2) is 0 Å². The minimum atomic E-state index is -1.26. The molecule has 1 aromatic carbocycles. The van der Waals surface area contributed by atoms with E-state index in [1.807, 2.05) is 0 Å². The van der Waals surface area contributed by atoms with Crippen LogP contribution in [0.25, 0.3) is 0 Å². The van der Waals surface area contributed by atoms with Crippen molar-refractivity contribution in [2.75, 3.05) is 27.2 Å². The Balaban J connectivity index is 0.000000343. The highest BCUT2D eigenvalue weighted by Crippen LogP contribution is 2.73. The zero-order chi connectivity index (χ0) is 22.6. The number of aliphatic carboxylic acids is 2. The standard InChI is InChI=1S/C20H31NO.C4H4O4/c1-18(2)17-11-12-19(18,3)20(15-17,22-14-13-21(4)5)16-9-7-6-8-10-16;5-3(6)1-2-4(7)8/h6-10,17H,11-15H2,1-5H3;1-2H,(H,5,6)(H,7,8)/b;2-1+/t17-,19-,20-;/m1./s1. The average molecular weight is 418 g/mol. The third-order valence-electron chi connectivity index (χ3n) is 7.36. The monoisotopic (exact) mass is 417 g/mol. The van der Waals surface area contributed by atoms with Crippen LogP contribution in [0.5, 0.6) is 0 Å². The number of rotatable bonds is 7. The summed E-state index contributed by atoms with van der Waals surface area (Å²) in [4.78, 5) is 21.3. The van der Waals surface area contributed by atoms with Gasteiger partial charge in [-0.15, -0.1) is 0 Å². The van der Waals surface area contributed by atoms with E-state index in [-0.39, 0.29) is 11.0 Å². The molecule has 2 fully saturated rings. The summed E-state index contributed by atoms with van der Waals surface area (Å²) in [7, 11) is 4.23. The number of benzene rings is 1. The van der Waals surface area contributed by atoms with Crippen LogP contribution in [-0.2, 0) is 19.9 Å². The Morgan fingerprint density at radius 2 is 1.67 bits per heavy atom. The van der Waals surface area contributed by atoms with Crippen molar-refractivity contribution in [2.24, 2.45) is 16.7 Å². The van der Waals surface area contributed by atoms with Gasteiger partial charge in [-0.3, -0.25) is 0 Å². The fourth-order valence-corrected chi connectivity index (χ4v) is 5.24. The van der Waals surface area contributed by atoms with Crippen molar-refractivity contribution in [1.29, 1.82) is 0 Å². The minimum Gasteiger partial charge on any atom is -0.478 e. The molecule has 0 heterocycles. The van der Waals surface area contributed by atoms with Gasteiger partial charge in [0.05, 0.1) is 12.2 Å². The fraction of sp³-hybridized carbons (Fsp3) is 0.583. The summed E-state index contributed by atoms with van der Waals surface area (Å²) in [5.74, 6) is -1.74. The molecule has 2 N–H and O–H groups in total. The maximum Gasteiger partial charge on any atom is 0.328 e. The molecule has 0 saturated heterocycles. The quantitative estimate of drug-likeness (QED) is 0.652. The molecule has 2 aliphatic carbocycles. The van der Waals surface area contributed by atoms with Gasteiger partial charge in [-0.05, 0) is 50.3 Å². The Bertz CT molecular complexity index is 757. The molecule has 0 amide bonds. The largest absolute Gasteiger partial charge is 0.478 e. The number of carboxylic acids is 2. The molecule has 30 heavy (non-hydrogen) atoms. The number of carbonyl (C=O) groups is 2. The highest BCUT2D eigenvalue weighted by molar-refractivity contribution is 5.89. The summed E-state index contributed by atoms with van der Waals surface area (Å²) in [6.07, 6.45) is 4.93. The van der Waals surface area contributed by atoms with Gasteiger partial charge in [-0.2, -0.15) is 0 Å². The van der Waals surface area contributed by atoms with Crippen LogP contribution in [0.4, 0.5) is 0 Å². The van der Waals surface area contributed by atoms with Crippen LogP contribution in [0.1, 0.15) is 45.6 Å². The van der Waals surface area contributed by atoms with E-state index in [4.69, 9.17) is 14.9 Å². The average Bonchev–Trinajstić information content (AvgIpc) is 3.00. The number of ether oxygens (including phenoxy) is 1. The SMILES string of the molecule is CN(C)CCO[C@@]1(c2ccccc2)C[C@H]2CC[C@]1(C)C2(C)C.O=C(O)/C=C/C(=O)O. The Labute approximate surface area is 179 Å². The van der Waals surface area contributed by atoms with Crippen LogP contribution >= 0.6 is 0 Å². The number of nitrogens with zero attached hydrogens (tertiary/aromatic N) is 1. The zero-order valence-corrected chi connectivity index (χ0v) is 18.7. The summed E-state index contributed by atoms with van der Waals surface area (Å²) in [5, 5.41) is 15.6. The summed E-state index contributed by atoms with van der Waals surface area (Å²) in [6.45, 7) is 9.19. The molecule has 3 rings (SSSR count). The smallest absolute Gasteiger partial charge is 0.328 e. The Hall–Kier alpha value is -2.18. The molecule has 6 nitrogen and oxygen atoms in total. The van der Waals surface area contributed by atoms with E-state index < -0.39 is 11.9 Å². The lowest BCUT2D eigenvalue weighted by Crippen LogP contribution is -2.47. The summed E-state index contributed by atoms with van der Waals surface area (Å²) in [6, 6.07) is 11.0. The van der Waals surface area contributed by atoms with Crippen LogP contribution in [0.15, 0.2) is 42.5 Å². The molecular weight excluding hydrogens is 382 g/mol. The van der Waals surface area contributed by atoms with Gasteiger partial charge < -0.3 is 19.8 Å². The number of hydrogen-bond acceptors (Lipinski definition) is 4. The van der Waals surface area contributed by atoms with Crippen molar-refractivity contribution in [3.63, 3.8) is 0 Å².